The number of rotatable bonds is 11. The Labute approximate surface area is 215 Å². The van der Waals surface area contributed by atoms with Gasteiger partial charge in [-0.3, -0.25) is 4.99 Å². The highest BCUT2D eigenvalue weighted by Crippen LogP contribution is 2.50. The van der Waals surface area contributed by atoms with Gasteiger partial charge >= 0.3 is 0 Å². The fourth-order valence-corrected chi connectivity index (χ4v) is 6.75. The van der Waals surface area contributed by atoms with Gasteiger partial charge in [-0.25, -0.2) is 0 Å². The van der Waals surface area contributed by atoms with Gasteiger partial charge in [0, 0.05) is 28.5 Å². The summed E-state index contributed by atoms with van der Waals surface area (Å²) in [5, 5.41) is 1.41. The molecule has 0 saturated heterocycles. The normalized spacial score (nSPS) is 13.9. The second-order valence-corrected chi connectivity index (χ2v) is 11.8. The van der Waals surface area contributed by atoms with Crippen LogP contribution in [-0.2, 0) is 11.8 Å². The lowest BCUT2D eigenvalue weighted by atomic mass is 9.91. The zero-order valence-corrected chi connectivity index (χ0v) is 23.7. The number of hydrogen-bond acceptors (Lipinski definition) is 2. The molecule has 3 aromatic carbocycles. The van der Waals surface area contributed by atoms with E-state index in [-0.39, 0.29) is 5.16 Å². The van der Waals surface area contributed by atoms with Gasteiger partial charge < -0.3 is 4.74 Å². The Hall–Kier alpha value is -2.44. The van der Waals surface area contributed by atoms with Crippen molar-refractivity contribution in [1.82, 2.24) is 0 Å². The van der Waals surface area contributed by atoms with Crippen molar-refractivity contribution < 1.29 is 4.74 Å². The maximum Gasteiger partial charge on any atom is 0.126 e. The highest BCUT2D eigenvalue weighted by Gasteiger charge is 2.32. The fourth-order valence-electron chi connectivity index (χ4n) is 4.83. The van der Waals surface area contributed by atoms with E-state index >= 15 is 0 Å². The number of aryl methyl sites for hydroxylation is 3. The molecule has 0 heterocycles. The fraction of sp³-hybridized carbons (Fsp3) is 0.406. The molecular formula is C32H42NOP. The molecule has 0 spiro atoms. The molecule has 0 saturated carbocycles. The van der Waals surface area contributed by atoms with Crippen molar-refractivity contribution in [3.8, 4) is 5.75 Å². The number of nitrogens with zero attached hydrogens (tertiary/aromatic N) is 1. The number of aliphatic imine (C=N–C) groups is 1. The molecule has 0 radical (unpaired) electrons. The third kappa shape index (κ3) is 6.83. The lowest BCUT2D eigenvalue weighted by Gasteiger charge is -2.34. The predicted octanol–water partition coefficient (Wildman–Crippen LogP) is 8.43. The van der Waals surface area contributed by atoms with Gasteiger partial charge in [-0.05, 0) is 62.5 Å². The topological polar surface area (TPSA) is 21.6 Å². The standard InChI is InChI=1S/C32H42NOP/c1-8-18-32(7,35-31-24(4)14-13-17-28(31)26(6)33-19-9-2)29-21-23(3)20-25(5)30(29)34-22-27-15-11-10-12-16-27/h10-17,20-21,35H,8-9,18-19,22H2,1-7H3/b33-26+. The minimum Gasteiger partial charge on any atom is -0.488 e. The van der Waals surface area contributed by atoms with Gasteiger partial charge in [0.25, 0.3) is 0 Å². The Kier molecular flexibility index (Phi) is 9.70. The molecule has 0 N–H and O–H groups in total. The van der Waals surface area contributed by atoms with E-state index in [1.165, 1.54) is 38.7 Å². The number of hydrogen-bond donors (Lipinski definition) is 0. The Morgan fingerprint density at radius 3 is 2.34 bits per heavy atom. The van der Waals surface area contributed by atoms with Crippen LogP contribution in [0.5, 0.6) is 5.75 Å². The van der Waals surface area contributed by atoms with E-state index in [2.05, 4.69) is 109 Å². The average molecular weight is 488 g/mol. The number of ether oxygens (including phenoxy) is 1. The first-order valence-electron chi connectivity index (χ1n) is 13.0. The molecule has 2 nitrogen and oxygen atoms in total. The zero-order valence-electron chi connectivity index (χ0n) is 22.7. The molecule has 0 bridgehead atoms. The van der Waals surface area contributed by atoms with Crippen molar-refractivity contribution in [2.24, 2.45) is 4.99 Å². The van der Waals surface area contributed by atoms with E-state index in [0.717, 1.165) is 37.3 Å². The largest absolute Gasteiger partial charge is 0.488 e. The smallest absolute Gasteiger partial charge is 0.126 e. The molecule has 2 atom stereocenters. The highest BCUT2D eigenvalue weighted by molar-refractivity contribution is 7.49. The van der Waals surface area contributed by atoms with Crippen LogP contribution in [0.4, 0.5) is 0 Å². The molecular weight excluding hydrogens is 445 g/mol. The van der Waals surface area contributed by atoms with Gasteiger partial charge in [0.15, 0.2) is 0 Å². The first-order chi connectivity index (χ1) is 16.8. The first kappa shape index (κ1) is 27.2. The maximum absolute atomic E-state index is 6.58. The Morgan fingerprint density at radius 2 is 1.66 bits per heavy atom. The van der Waals surface area contributed by atoms with Crippen LogP contribution < -0.4 is 10.0 Å². The van der Waals surface area contributed by atoms with Crippen LogP contribution in [0.25, 0.3) is 0 Å². The summed E-state index contributed by atoms with van der Waals surface area (Å²) in [6.45, 7) is 17.2. The van der Waals surface area contributed by atoms with Crippen LogP contribution in [-0.4, -0.2) is 12.3 Å². The van der Waals surface area contributed by atoms with Crippen molar-refractivity contribution in [2.45, 2.75) is 79.5 Å². The molecule has 0 aliphatic carbocycles. The van der Waals surface area contributed by atoms with Gasteiger partial charge in [-0.15, -0.1) is 0 Å². The van der Waals surface area contributed by atoms with Crippen LogP contribution in [0.2, 0.25) is 0 Å². The van der Waals surface area contributed by atoms with E-state index in [9.17, 15) is 0 Å². The minimum absolute atomic E-state index is 0.0244. The molecule has 35 heavy (non-hydrogen) atoms. The van der Waals surface area contributed by atoms with Gasteiger partial charge in [0.1, 0.15) is 12.4 Å². The Bertz CT molecular complexity index is 1150. The lowest BCUT2D eigenvalue weighted by Crippen LogP contribution is -2.24. The summed E-state index contributed by atoms with van der Waals surface area (Å²) in [6, 6.07) is 21.8. The lowest BCUT2D eigenvalue weighted by molar-refractivity contribution is 0.297. The van der Waals surface area contributed by atoms with E-state index in [1.54, 1.807) is 0 Å². The first-order valence-corrected chi connectivity index (χ1v) is 14.0. The predicted molar refractivity (Wildman–Crippen MR) is 155 cm³/mol. The molecule has 2 unspecified atom stereocenters. The third-order valence-corrected chi connectivity index (χ3v) is 8.61. The summed E-state index contributed by atoms with van der Waals surface area (Å²) >= 11 is 0. The summed E-state index contributed by atoms with van der Waals surface area (Å²) in [6.07, 6.45) is 3.30. The van der Waals surface area contributed by atoms with Crippen molar-refractivity contribution in [3.05, 3.63) is 94.0 Å². The summed E-state index contributed by atoms with van der Waals surface area (Å²) in [5.41, 5.74) is 8.85. The van der Waals surface area contributed by atoms with Crippen LogP contribution in [0.15, 0.2) is 65.7 Å². The molecule has 3 heteroatoms. The molecule has 0 aliphatic heterocycles. The van der Waals surface area contributed by atoms with Crippen LogP contribution >= 0.6 is 8.58 Å². The van der Waals surface area contributed by atoms with Crippen molar-refractivity contribution in [2.75, 3.05) is 6.54 Å². The monoisotopic (exact) mass is 487 g/mol. The van der Waals surface area contributed by atoms with Gasteiger partial charge in [0.05, 0.1) is 0 Å². The number of benzene rings is 3. The maximum atomic E-state index is 6.58. The SMILES string of the molecule is CCC/N=C(\C)c1cccc(C)c1PC(C)(CCC)c1cc(C)cc(C)c1OCc1ccccc1. The van der Waals surface area contributed by atoms with Crippen molar-refractivity contribution in [3.63, 3.8) is 0 Å². The molecule has 0 aromatic heterocycles. The van der Waals surface area contributed by atoms with Crippen molar-refractivity contribution >= 4 is 19.6 Å². The van der Waals surface area contributed by atoms with Crippen LogP contribution in [0, 0.1) is 20.8 Å². The Morgan fingerprint density at radius 1 is 0.914 bits per heavy atom. The van der Waals surface area contributed by atoms with Crippen molar-refractivity contribution in [1.29, 1.82) is 0 Å². The molecule has 0 fully saturated rings. The summed E-state index contributed by atoms with van der Waals surface area (Å²) in [4.78, 5) is 4.87. The molecule has 3 aromatic rings. The third-order valence-electron chi connectivity index (χ3n) is 6.63. The molecule has 186 valence electrons. The zero-order chi connectivity index (χ0) is 25.4. The molecule has 3 rings (SSSR count). The minimum atomic E-state index is -0.0244. The van der Waals surface area contributed by atoms with Gasteiger partial charge in [0.2, 0.25) is 0 Å². The molecule has 0 amide bonds. The second-order valence-electron chi connectivity index (χ2n) is 9.90. The highest BCUT2D eigenvalue weighted by atomic mass is 31.1. The van der Waals surface area contributed by atoms with Crippen LogP contribution in [0.3, 0.4) is 0 Å². The summed E-state index contributed by atoms with van der Waals surface area (Å²) in [5.74, 6) is 1.05. The van der Waals surface area contributed by atoms with Gasteiger partial charge in [-0.1, -0.05) is 102 Å². The summed E-state index contributed by atoms with van der Waals surface area (Å²) in [7, 11) is 0.628. The summed E-state index contributed by atoms with van der Waals surface area (Å²) < 4.78 is 6.58. The second kappa shape index (κ2) is 12.5. The van der Waals surface area contributed by atoms with E-state index in [0.29, 0.717) is 15.2 Å². The molecule has 0 aliphatic rings. The van der Waals surface area contributed by atoms with Gasteiger partial charge in [-0.2, -0.15) is 0 Å². The van der Waals surface area contributed by atoms with E-state index in [4.69, 9.17) is 9.73 Å². The quantitative estimate of drug-likeness (QED) is 0.196. The van der Waals surface area contributed by atoms with E-state index < -0.39 is 0 Å². The average Bonchev–Trinajstić information content (AvgIpc) is 2.83. The van der Waals surface area contributed by atoms with E-state index in [1.807, 2.05) is 0 Å². The van der Waals surface area contributed by atoms with Crippen LogP contribution in [0.1, 0.15) is 80.3 Å². The Balaban J connectivity index is 2.08.